The molecule has 18 heavy (non-hydrogen) atoms. The molecule has 3 nitrogen and oxygen atoms in total. The highest BCUT2D eigenvalue weighted by Crippen LogP contribution is 2.31. The molecule has 2 amide bonds. The molecule has 2 rings (SSSR count). The molecule has 5 heteroatoms. The zero-order valence-corrected chi connectivity index (χ0v) is 11.8. The summed E-state index contributed by atoms with van der Waals surface area (Å²) in [6.07, 6.45) is 0.144. The van der Waals surface area contributed by atoms with Crippen molar-refractivity contribution in [3.8, 4) is 0 Å². The van der Waals surface area contributed by atoms with Crippen molar-refractivity contribution in [1.82, 2.24) is 0 Å². The van der Waals surface area contributed by atoms with Gasteiger partial charge in [-0.15, -0.1) is 0 Å². The third-order valence-corrected chi connectivity index (χ3v) is 3.57. The molecule has 1 fully saturated rings. The van der Waals surface area contributed by atoms with E-state index in [1.165, 1.54) is 4.90 Å². The second-order valence-electron chi connectivity index (χ2n) is 4.68. The summed E-state index contributed by atoms with van der Waals surface area (Å²) in [6, 6.07) is 5.31. The zero-order valence-electron chi connectivity index (χ0n) is 10.2. The minimum atomic E-state index is -0.543. The van der Waals surface area contributed by atoms with Crippen LogP contribution < -0.4 is 4.90 Å². The zero-order chi connectivity index (χ0) is 13.4. The van der Waals surface area contributed by atoms with Gasteiger partial charge < -0.3 is 0 Å². The first-order valence-corrected chi connectivity index (χ1v) is 6.65. The van der Waals surface area contributed by atoms with Gasteiger partial charge in [0.2, 0.25) is 11.8 Å². The summed E-state index contributed by atoms with van der Waals surface area (Å²) in [5.74, 6) is -0.223. The van der Waals surface area contributed by atoms with Crippen LogP contribution in [0.1, 0.15) is 31.7 Å². The summed E-state index contributed by atoms with van der Waals surface area (Å²) < 4.78 is 0. The van der Waals surface area contributed by atoms with E-state index in [-0.39, 0.29) is 24.2 Å². The first kappa shape index (κ1) is 13.4. The van der Waals surface area contributed by atoms with Crippen molar-refractivity contribution < 1.29 is 9.59 Å². The summed E-state index contributed by atoms with van der Waals surface area (Å²) >= 11 is 10.1. The molecule has 0 aliphatic carbocycles. The summed E-state index contributed by atoms with van der Waals surface area (Å²) in [5, 5.41) is -0.0154. The molecule has 0 N–H and O–H groups in total. The van der Waals surface area contributed by atoms with Crippen molar-refractivity contribution in [1.29, 1.82) is 0 Å². The number of imide groups is 1. The number of thiol groups is 1. The van der Waals surface area contributed by atoms with Gasteiger partial charge in [0, 0.05) is 11.4 Å². The minimum Gasteiger partial charge on any atom is -0.274 e. The Morgan fingerprint density at radius 2 is 2.00 bits per heavy atom. The van der Waals surface area contributed by atoms with Crippen LogP contribution in [0.5, 0.6) is 0 Å². The molecule has 1 aromatic rings. The predicted molar refractivity (Wildman–Crippen MR) is 75.4 cm³/mol. The van der Waals surface area contributed by atoms with Crippen molar-refractivity contribution in [2.24, 2.45) is 0 Å². The molecule has 1 aromatic carbocycles. The number of benzene rings is 1. The lowest BCUT2D eigenvalue weighted by Crippen LogP contribution is -2.30. The van der Waals surface area contributed by atoms with Gasteiger partial charge in [0.05, 0.1) is 10.9 Å². The largest absolute Gasteiger partial charge is 0.274 e. The normalized spacial score (nSPS) is 20.1. The molecule has 96 valence electrons. The Morgan fingerprint density at radius 1 is 1.33 bits per heavy atom. The Labute approximate surface area is 117 Å². The maximum absolute atomic E-state index is 11.9. The van der Waals surface area contributed by atoms with Crippen LogP contribution in [0.15, 0.2) is 18.2 Å². The maximum Gasteiger partial charge on any atom is 0.247 e. The highest BCUT2D eigenvalue weighted by atomic mass is 35.5. The van der Waals surface area contributed by atoms with Crippen molar-refractivity contribution >= 4 is 41.7 Å². The lowest BCUT2D eigenvalue weighted by Gasteiger charge is -2.17. The number of anilines is 1. The van der Waals surface area contributed by atoms with Crippen LogP contribution in [0.4, 0.5) is 5.69 Å². The molecule has 1 aliphatic rings. The van der Waals surface area contributed by atoms with E-state index < -0.39 is 5.25 Å². The number of carbonyl (C=O) groups excluding carboxylic acids is 2. The van der Waals surface area contributed by atoms with Crippen LogP contribution >= 0.6 is 24.2 Å². The number of hydrogen-bond acceptors (Lipinski definition) is 3. The lowest BCUT2D eigenvalue weighted by molar-refractivity contribution is -0.121. The number of rotatable bonds is 2. The van der Waals surface area contributed by atoms with Gasteiger partial charge >= 0.3 is 0 Å². The Morgan fingerprint density at radius 3 is 2.50 bits per heavy atom. The van der Waals surface area contributed by atoms with Crippen molar-refractivity contribution in [3.05, 3.63) is 28.8 Å². The standard InChI is InChI=1S/C13H14ClNO2S/c1-7(2)8-3-9(14)5-10(4-8)15-12(16)6-11(18)13(15)17/h3-5,7,11,18H,6H2,1-2H3. The monoisotopic (exact) mass is 283 g/mol. The SMILES string of the molecule is CC(C)c1cc(Cl)cc(N2C(=O)CC(S)C2=O)c1. The predicted octanol–water partition coefficient (Wildman–Crippen LogP) is 3.03. The maximum atomic E-state index is 11.9. The Hall–Kier alpha value is -1.00. The summed E-state index contributed by atoms with van der Waals surface area (Å²) in [4.78, 5) is 24.9. The lowest BCUT2D eigenvalue weighted by atomic mass is 10.0. The molecule has 1 unspecified atom stereocenters. The molecule has 0 spiro atoms. The van der Waals surface area contributed by atoms with Gasteiger partial charge in [0.1, 0.15) is 0 Å². The second-order valence-corrected chi connectivity index (χ2v) is 5.74. The second kappa shape index (κ2) is 4.94. The first-order chi connectivity index (χ1) is 8.40. The van der Waals surface area contributed by atoms with Gasteiger partial charge in [0.15, 0.2) is 0 Å². The number of amides is 2. The summed E-state index contributed by atoms with van der Waals surface area (Å²) in [7, 11) is 0. The molecule has 0 bridgehead atoms. The molecule has 0 aromatic heterocycles. The molecule has 1 saturated heterocycles. The third kappa shape index (κ3) is 2.40. The van der Waals surface area contributed by atoms with Crippen LogP contribution in [0, 0.1) is 0 Å². The van der Waals surface area contributed by atoms with Gasteiger partial charge in [-0.05, 0) is 29.7 Å². The number of carbonyl (C=O) groups is 2. The van der Waals surface area contributed by atoms with Gasteiger partial charge in [-0.3, -0.25) is 9.59 Å². The van der Waals surface area contributed by atoms with Crippen LogP contribution in [0.2, 0.25) is 5.02 Å². The number of halogens is 1. The fourth-order valence-electron chi connectivity index (χ4n) is 1.95. The van der Waals surface area contributed by atoms with Crippen LogP contribution in [-0.2, 0) is 9.59 Å². The fourth-order valence-corrected chi connectivity index (χ4v) is 2.46. The van der Waals surface area contributed by atoms with Gasteiger partial charge in [-0.2, -0.15) is 12.6 Å². The van der Waals surface area contributed by atoms with Gasteiger partial charge in [-0.25, -0.2) is 4.90 Å². The molecule has 1 aliphatic heterocycles. The average Bonchev–Trinajstić information content (AvgIpc) is 2.52. The minimum absolute atomic E-state index is 0.144. The van der Waals surface area contributed by atoms with Crippen molar-refractivity contribution in [2.75, 3.05) is 4.90 Å². The Balaban J connectivity index is 2.45. The van der Waals surface area contributed by atoms with Crippen LogP contribution in [0.25, 0.3) is 0 Å². The molecule has 0 radical (unpaired) electrons. The van der Waals surface area contributed by atoms with E-state index in [2.05, 4.69) is 12.6 Å². The summed E-state index contributed by atoms with van der Waals surface area (Å²) in [6.45, 7) is 4.06. The van der Waals surface area contributed by atoms with E-state index in [9.17, 15) is 9.59 Å². The van der Waals surface area contributed by atoms with Gasteiger partial charge in [-0.1, -0.05) is 25.4 Å². The first-order valence-electron chi connectivity index (χ1n) is 5.75. The van der Waals surface area contributed by atoms with E-state index in [0.717, 1.165) is 5.56 Å². The van der Waals surface area contributed by atoms with Gasteiger partial charge in [0.25, 0.3) is 0 Å². The molecule has 1 atom stereocenters. The molecule has 1 heterocycles. The molecular weight excluding hydrogens is 270 g/mol. The van der Waals surface area contributed by atoms with E-state index >= 15 is 0 Å². The highest BCUT2D eigenvalue weighted by Gasteiger charge is 2.37. The third-order valence-electron chi connectivity index (χ3n) is 2.95. The van der Waals surface area contributed by atoms with E-state index in [0.29, 0.717) is 10.7 Å². The average molecular weight is 284 g/mol. The Kier molecular flexibility index (Phi) is 3.69. The highest BCUT2D eigenvalue weighted by molar-refractivity contribution is 7.82. The number of nitrogens with zero attached hydrogens (tertiary/aromatic N) is 1. The van der Waals surface area contributed by atoms with Crippen molar-refractivity contribution in [2.45, 2.75) is 31.4 Å². The quantitative estimate of drug-likeness (QED) is 0.669. The molecule has 0 saturated carbocycles. The van der Waals surface area contributed by atoms with E-state index in [4.69, 9.17) is 11.6 Å². The topological polar surface area (TPSA) is 37.4 Å². The summed E-state index contributed by atoms with van der Waals surface area (Å²) in [5.41, 5.74) is 1.54. The van der Waals surface area contributed by atoms with Crippen LogP contribution in [-0.4, -0.2) is 17.1 Å². The van der Waals surface area contributed by atoms with Crippen molar-refractivity contribution in [3.63, 3.8) is 0 Å². The smallest absolute Gasteiger partial charge is 0.247 e. The van der Waals surface area contributed by atoms with E-state index in [1.807, 2.05) is 26.0 Å². The fraction of sp³-hybridized carbons (Fsp3) is 0.385. The van der Waals surface area contributed by atoms with E-state index in [1.54, 1.807) is 6.07 Å². The Bertz CT molecular complexity index is 516. The molecular formula is C13H14ClNO2S. The number of hydrogen-bond donors (Lipinski definition) is 1. The van der Waals surface area contributed by atoms with Crippen LogP contribution in [0.3, 0.4) is 0 Å².